The number of carbonyl (C=O) groups is 1. The minimum atomic E-state index is -3.64. The minimum absolute atomic E-state index is 0.0226. The van der Waals surface area contributed by atoms with Gasteiger partial charge in [0.05, 0.1) is 12.7 Å². The van der Waals surface area contributed by atoms with Crippen LogP contribution in [0.5, 0.6) is 0 Å². The summed E-state index contributed by atoms with van der Waals surface area (Å²) in [6, 6.07) is 11.3. The average Bonchev–Trinajstić information content (AvgIpc) is 3.50. The van der Waals surface area contributed by atoms with Crippen LogP contribution < -0.4 is 0 Å². The number of furan rings is 1. The fourth-order valence-corrected chi connectivity index (χ4v) is 5.45. The van der Waals surface area contributed by atoms with E-state index >= 15 is 0 Å². The van der Waals surface area contributed by atoms with Crippen LogP contribution in [0.2, 0.25) is 0 Å². The number of aryl methyl sites for hydroxylation is 1. The molecule has 3 heterocycles. The Labute approximate surface area is 182 Å². The molecule has 2 aromatic heterocycles. The van der Waals surface area contributed by atoms with Gasteiger partial charge in [-0.3, -0.25) is 9.48 Å². The van der Waals surface area contributed by atoms with Gasteiger partial charge in [-0.05, 0) is 25.3 Å². The molecule has 4 rings (SSSR count). The third kappa shape index (κ3) is 4.57. The second kappa shape index (κ2) is 8.68. The van der Waals surface area contributed by atoms with E-state index in [1.54, 1.807) is 20.2 Å². The molecule has 0 unspecified atom stereocenters. The minimum Gasteiger partial charge on any atom is -0.455 e. The largest absolute Gasteiger partial charge is 0.455 e. The number of nitrogens with zero attached hydrogens (tertiary/aromatic N) is 4. The molecule has 1 aliphatic heterocycles. The maximum atomic E-state index is 12.9. The molecule has 0 saturated carbocycles. The van der Waals surface area contributed by atoms with E-state index in [2.05, 4.69) is 5.10 Å². The van der Waals surface area contributed by atoms with Gasteiger partial charge in [0.15, 0.2) is 5.76 Å². The van der Waals surface area contributed by atoms with E-state index in [9.17, 15) is 13.2 Å². The number of carbonyl (C=O) groups excluding carboxylic acids is 1. The summed E-state index contributed by atoms with van der Waals surface area (Å²) in [5, 5.41) is 4.36. The molecule has 8 nitrogen and oxygen atoms in total. The van der Waals surface area contributed by atoms with Crippen molar-refractivity contribution in [1.29, 1.82) is 0 Å². The molecule has 1 amide bonds. The topological polar surface area (TPSA) is 88.6 Å². The number of rotatable bonds is 7. The molecule has 0 aliphatic carbocycles. The Morgan fingerprint density at radius 3 is 2.58 bits per heavy atom. The molecule has 0 radical (unpaired) electrons. The highest BCUT2D eigenvalue weighted by molar-refractivity contribution is 7.89. The Morgan fingerprint density at radius 1 is 1.16 bits per heavy atom. The summed E-state index contributed by atoms with van der Waals surface area (Å²) in [7, 11) is -1.98. The Balaban J connectivity index is 1.44. The number of hydrogen-bond donors (Lipinski definition) is 0. The number of sulfonamides is 1. The van der Waals surface area contributed by atoms with Crippen molar-refractivity contribution in [3.63, 3.8) is 0 Å². The summed E-state index contributed by atoms with van der Waals surface area (Å²) >= 11 is 0. The summed E-state index contributed by atoms with van der Waals surface area (Å²) < 4.78 is 34.5. The first-order chi connectivity index (χ1) is 14.8. The van der Waals surface area contributed by atoms with Gasteiger partial charge >= 0.3 is 0 Å². The Hall–Kier alpha value is -2.91. The first-order valence-corrected chi connectivity index (χ1v) is 11.7. The monoisotopic (exact) mass is 442 g/mol. The van der Waals surface area contributed by atoms with Gasteiger partial charge in [-0.1, -0.05) is 30.3 Å². The van der Waals surface area contributed by atoms with Crippen LogP contribution in [-0.2, 0) is 23.1 Å². The third-order valence-electron chi connectivity index (χ3n) is 5.41. The first-order valence-electron chi connectivity index (χ1n) is 10.3. The maximum Gasteiger partial charge on any atom is 0.289 e. The molecule has 1 aliphatic rings. The molecule has 0 N–H and O–H groups in total. The molecular formula is C22H26N4O4S. The fourth-order valence-electron chi connectivity index (χ4n) is 3.77. The molecule has 1 aromatic carbocycles. The summed E-state index contributed by atoms with van der Waals surface area (Å²) in [6.07, 6.45) is 5.32. The van der Waals surface area contributed by atoms with E-state index in [1.807, 2.05) is 41.2 Å². The quantitative estimate of drug-likeness (QED) is 0.561. The van der Waals surface area contributed by atoms with Crippen LogP contribution >= 0.6 is 0 Å². The van der Waals surface area contributed by atoms with Crippen molar-refractivity contribution in [1.82, 2.24) is 19.0 Å². The summed E-state index contributed by atoms with van der Waals surface area (Å²) in [6.45, 7) is 3.56. The van der Waals surface area contributed by atoms with Gasteiger partial charge < -0.3 is 9.32 Å². The van der Waals surface area contributed by atoms with E-state index in [4.69, 9.17) is 4.42 Å². The zero-order valence-electron chi connectivity index (χ0n) is 17.7. The molecule has 0 spiro atoms. The SMILES string of the molecule is Cc1oc(C(=O)N(C)Cc2cnn(Cc3ccccc3)c2)cc1S(=O)(=O)N1CCCC1. The lowest BCUT2D eigenvalue weighted by Crippen LogP contribution is -2.28. The lowest BCUT2D eigenvalue weighted by Gasteiger charge is -2.14. The molecule has 31 heavy (non-hydrogen) atoms. The summed E-state index contributed by atoms with van der Waals surface area (Å²) in [5.74, 6) is -0.115. The summed E-state index contributed by atoms with van der Waals surface area (Å²) in [5.41, 5.74) is 2.01. The number of amides is 1. The maximum absolute atomic E-state index is 12.9. The van der Waals surface area contributed by atoms with Crippen LogP contribution in [0.25, 0.3) is 0 Å². The van der Waals surface area contributed by atoms with Crippen LogP contribution in [0.15, 0.2) is 58.1 Å². The lowest BCUT2D eigenvalue weighted by molar-refractivity contribution is 0.0752. The van der Waals surface area contributed by atoms with Crippen LogP contribution in [0, 0.1) is 6.92 Å². The first kappa shape index (κ1) is 21.3. The molecule has 0 bridgehead atoms. The third-order valence-corrected chi connectivity index (χ3v) is 7.41. The highest BCUT2D eigenvalue weighted by atomic mass is 32.2. The fraction of sp³-hybridized carbons (Fsp3) is 0.364. The van der Waals surface area contributed by atoms with Crippen LogP contribution in [0.3, 0.4) is 0 Å². The molecule has 0 atom stereocenters. The average molecular weight is 443 g/mol. The van der Waals surface area contributed by atoms with Gasteiger partial charge in [-0.15, -0.1) is 0 Å². The van der Waals surface area contributed by atoms with Crippen molar-refractivity contribution in [2.75, 3.05) is 20.1 Å². The Kier molecular flexibility index (Phi) is 5.97. The number of aromatic nitrogens is 2. The van der Waals surface area contributed by atoms with Crippen LogP contribution in [0.4, 0.5) is 0 Å². The zero-order chi connectivity index (χ0) is 22.0. The van der Waals surface area contributed by atoms with Gasteiger partial charge in [0.25, 0.3) is 5.91 Å². The molecule has 1 fully saturated rings. The van der Waals surface area contributed by atoms with Gasteiger partial charge in [0, 0.05) is 44.5 Å². The standard InChI is InChI=1S/C22H26N4O4S/c1-17-21(31(28,29)26-10-6-7-11-26)12-20(30-17)22(27)24(2)14-19-13-23-25(16-19)15-18-8-4-3-5-9-18/h3-5,8-9,12-13,16H,6-7,10-11,14-15H2,1-2H3. The van der Waals surface area contributed by atoms with Gasteiger partial charge in [0.1, 0.15) is 10.7 Å². The van der Waals surface area contributed by atoms with E-state index < -0.39 is 10.0 Å². The van der Waals surface area contributed by atoms with Gasteiger partial charge in [0.2, 0.25) is 10.0 Å². The molecular weight excluding hydrogens is 416 g/mol. The zero-order valence-corrected chi connectivity index (χ0v) is 18.5. The lowest BCUT2D eigenvalue weighted by atomic mass is 10.2. The van der Waals surface area contributed by atoms with Crippen molar-refractivity contribution in [2.45, 2.75) is 37.8 Å². The van der Waals surface area contributed by atoms with Crippen molar-refractivity contribution in [2.24, 2.45) is 0 Å². The summed E-state index contributed by atoms with van der Waals surface area (Å²) in [4.78, 5) is 14.4. The van der Waals surface area contributed by atoms with Crippen molar-refractivity contribution in [3.8, 4) is 0 Å². The van der Waals surface area contributed by atoms with Crippen molar-refractivity contribution in [3.05, 3.63) is 71.4 Å². The van der Waals surface area contributed by atoms with Crippen LogP contribution in [0.1, 0.15) is 40.3 Å². The molecule has 3 aromatic rings. The normalized spacial score (nSPS) is 14.8. The van der Waals surface area contributed by atoms with E-state index in [1.165, 1.54) is 15.3 Å². The highest BCUT2D eigenvalue weighted by Crippen LogP contribution is 2.27. The highest BCUT2D eigenvalue weighted by Gasteiger charge is 2.32. The molecule has 1 saturated heterocycles. The Bertz CT molecular complexity index is 1160. The van der Waals surface area contributed by atoms with Crippen LogP contribution in [-0.4, -0.2) is 53.4 Å². The predicted molar refractivity (Wildman–Crippen MR) is 115 cm³/mol. The number of benzene rings is 1. The Morgan fingerprint density at radius 2 is 1.87 bits per heavy atom. The molecule has 164 valence electrons. The predicted octanol–water partition coefficient (Wildman–Crippen LogP) is 2.89. The van der Waals surface area contributed by atoms with E-state index in [0.717, 1.165) is 24.0 Å². The smallest absolute Gasteiger partial charge is 0.289 e. The van der Waals surface area contributed by atoms with Crippen molar-refractivity contribution >= 4 is 15.9 Å². The van der Waals surface area contributed by atoms with E-state index in [-0.39, 0.29) is 22.3 Å². The molecule has 9 heteroatoms. The van der Waals surface area contributed by atoms with E-state index in [0.29, 0.717) is 26.2 Å². The van der Waals surface area contributed by atoms with Crippen molar-refractivity contribution < 1.29 is 17.6 Å². The number of hydrogen-bond acceptors (Lipinski definition) is 5. The second-order valence-corrected chi connectivity index (χ2v) is 9.74. The second-order valence-electron chi connectivity index (χ2n) is 7.84. The van der Waals surface area contributed by atoms with Gasteiger partial charge in [-0.25, -0.2) is 8.42 Å². The van der Waals surface area contributed by atoms with Gasteiger partial charge in [-0.2, -0.15) is 9.40 Å².